The van der Waals surface area contributed by atoms with Gasteiger partial charge in [-0.3, -0.25) is 0 Å². The molecule has 2 aromatic rings. The first-order chi connectivity index (χ1) is 10.1. The number of hydrogen-bond acceptors (Lipinski definition) is 2. The molecule has 3 heteroatoms. The molecule has 21 heavy (non-hydrogen) atoms. The standard InChI is InChI=1S/C18H22FNO/c19-12-18(21)9-7-17(13-20,8-10-18)16-6-5-14-3-1-2-4-15(14)11-16/h1-6,11,21H,7-10,12-13,20H2/t17-,18-. The quantitative estimate of drug-likeness (QED) is 0.909. The van der Waals surface area contributed by atoms with Crippen molar-refractivity contribution in [1.82, 2.24) is 0 Å². The summed E-state index contributed by atoms with van der Waals surface area (Å²) in [5, 5.41) is 12.5. The third-order valence-corrected chi connectivity index (χ3v) is 5.14. The van der Waals surface area contributed by atoms with Gasteiger partial charge in [-0.05, 0) is 42.0 Å². The number of benzene rings is 2. The second-order valence-corrected chi connectivity index (χ2v) is 6.40. The minimum Gasteiger partial charge on any atom is -0.387 e. The normalized spacial score (nSPS) is 29.7. The van der Waals surface area contributed by atoms with Crippen molar-refractivity contribution in [3.63, 3.8) is 0 Å². The van der Waals surface area contributed by atoms with Gasteiger partial charge in [-0.15, -0.1) is 0 Å². The largest absolute Gasteiger partial charge is 0.387 e. The van der Waals surface area contributed by atoms with E-state index in [1.807, 2.05) is 12.1 Å². The Labute approximate surface area is 124 Å². The highest BCUT2D eigenvalue weighted by Gasteiger charge is 2.42. The number of alkyl halides is 1. The van der Waals surface area contributed by atoms with Gasteiger partial charge in [0.05, 0.1) is 5.60 Å². The smallest absolute Gasteiger partial charge is 0.118 e. The Morgan fingerprint density at radius 3 is 2.29 bits per heavy atom. The van der Waals surface area contributed by atoms with Gasteiger partial charge < -0.3 is 10.8 Å². The predicted octanol–water partition coefficient (Wildman–Crippen LogP) is 3.31. The van der Waals surface area contributed by atoms with Crippen LogP contribution in [0.5, 0.6) is 0 Å². The molecule has 3 rings (SSSR count). The van der Waals surface area contributed by atoms with Crippen LogP contribution in [-0.2, 0) is 5.41 Å². The number of aliphatic hydroxyl groups is 1. The molecule has 2 nitrogen and oxygen atoms in total. The Balaban J connectivity index is 1.95. The SMILES string of the molecule is NC[C@]1(c2ccc3ccccc3c2)CC[C@@](O)(CF)CC1. The van der Waals surface area contributed by atoms with Crippen LogP contribution in [-0.4, -0.2) is 23.9 Å². The molecule has 0 aromatic heterocycles. The summed E-state index contributed by atoms with van der Waals surface area (Å²) in [6.45, 7) is -0.126. The molecule has 0 radical (unpaired) electrons. The molecule has 0 heterocycles. The zero-order valence-corrected chi connectivity index (χ0v) is 12.2. The van der Waals surface area contributed by atoms with Crippen molar-refractivity contribution in [3.05, 3.63) is 48.0 Å². The van der Waals surface area contributed by atoms with Crippen LogP contribution >= 0.6 is 0 Å². The third kappa shape index (κ3) is 2.56. The van der Waals surface area contributed by atoms with E-state index < -0.39 is 12.3 Å². The van der Waals surface area contributed by atoms with Crippen molar-refractivity contribution in [1.29, 1.82) is 0 Å². The molecule has 112 valence electrons. The van der Waals surface area contributed by atoms with Crippen LogP contribution in [0.25, 0.3) is 10.8 Å². The molecule has 1 aliphatic rings. The molecule has 2 aromatic carbocycles. The monoisotopic (exact) mass is 287 g/mol. The summed E-state index contributed by atoms with van der Waals surface area (Å²) in [7, 11) is 0. The van der Waals surface area contributed by atoms with Gasteiger partial charge >= 0.3 is 0 Å². The van der Waals surface area contributed by atoms with Crippen molar-refractivity contribution in [2.75, 3.05) is 13.2 Å². The van der Waals surface area contributed by atoms with Crippen LogP contribution in [0.3, 0.4) is 0 Å². The number of halogens is 1. The Kier molecular flexibility index (Phi) is 3.72. The fourth-order valence-electron chi connectivity index (χ4n) is 3.46. The maximum Gasteiger partial charge on any atom is 0.118 e. The Bertz CT molecular complexity index is 632. The van der Waals surface area contributed by atoms with E-state index in [0.717, 1.165) is 12.8 Å². The summed E-state index contributed by atoms with van der Waals surface area (Å²) >= 11 is 0. The molecular weight excluding hydrogens is 265 g/mol. The molecule has 0 saturated heterocycles. The molecule has 1 saturated carbocycles. The first-order valence-corrected chi connectivity index (χ1v) is 7.59. The molecule has 0 bridgehead atoms. The molecule has 0 atom stereocenters. The molecule has 1 aliphatic carbocycles. The summed E-state index contributed by atoms with van der Waals surface area (Å²) in [6, 6.07) is 14.7. The minimum atomic E-state index is -1.14. The fourth-order valence-corrected chi connectivity index (χ4v) is 3.46. The third-order valence-electron chi connectivity index (χ3n) is 5.14. The topological polar surface area (TPSA) is 46.2 Å². The number of nitrogens with two attached hydrogens (primary N) is 1. The summed E-state index contributed by atoms with van der Waals surface area (Å²) in [5.74, 6) is 0. The van der Waals surface area contributed by atoms with Crippen LogP contribution in [0.4, 0.5) is 4.39 Å². The Morgan fingerprint density at radius 1 is 1.00 bits per heavy atom. The summed E-state index contributed by atoms with van der Waals surface area (Å²) in [6.07, 6.45) is 2.44. The highest BCUT2D eigenvalue weighted by atomic mass is 19.1. The summed E-state index contributed by atoms with van der Waals surface area (Å²) in [4.78, 5) is 0. The van der Waals surface area contributed by atoms with Crippen molar-refractivity contribution in [2.24, 2.45) is 5.73 Å². The first kappa shape index (κ1) is 14.5. The molecule has 0 unspecified atom stereocenters. The maximum absolute atomic E-state index is 12.9. The van der Waals surface area contributed by atoms with Crippen LogP contribution in [0.1, 0.15) is 31.2 Å². The van der Waals surface area contributed by atoms with Gasteiger partial charge in [0.25, 0.3) is 0 Å². The van der Waals surface area contributed by atoms with Gasteiger partial charge in [0, 0.05) is 12.0 Å². The van der Waals surface area contributed by atoms with Crippen molar-refractivity contribution < 1.29 is 9.50 Å². The molecule has 3 N–H and O–H groups in total. The number of rotatable bonds is 3. The summed E-state index contributed by atoms with van der Waals surface area (Å²) in [5.41, 5.74) is 6.00. The van der Waals surface area contributed by atoms with E-state index in [0.29, 0.717) is 19.4 Å². The second kappa shape index (κ2) is 5.39. The Hall–Kier alpha value is -1.45. The average Bonchev–Trinajstić information content (AvgIpc) is 2.55. The van der Waals surface area contributed by atoms with Gasteiger partial charge in [0.1, 0.15) is 6.67 Å². The van der Waals surface area contributed by atoms with Crippen molar-refractivity contribution >= 4 is 10.8 Å². The first-order valence-electron chi connectivity index (χ1n) is 7.59. The highest BCUT2D eigenvalue weighted by molar-refractivity contribution is 5.83. The number of hydrogen-bond donors (Lipinski definition) is 2. The molecular formula is C18H22FNO. The Morgan fingerprint density at radius 2 is 1.67 bits per heavy atom. The number of fused-ring (bicyclic) bond motifs is 1. The van der Waals surface area contributed by atoms with E-state index >= 15 is 0 Å². The van der Waals surface area contributed by atoms with E-state index in [2.05, 4.69) is 30.3 Å². The lowest BCUT2D eigenvalue weighted by molar-refractivity contribution is -0.0335. The predicted molar refractivity (Wildman–Crippen MR) is 84.1 cm³/mol. The molecule has 0 spiro atoms. The van der Waals surface area contributed by atoms with E-state index in [1.54, 1.807) is 0 Å². The highest BCUT2D eigenvalue weighted by Crippen LogP contribution is 2.43. The second-order valence-electron chi connectivity index (χ2n) is 6.40. The molecule has 0 aliphatic heterocycles. The summed E-state index contributed by atoms with van der Waals surface area (Å²) < 4.78 is 12.9. The fraction of sp³-hybridized carbons (Fsp3) is 0.444. The van der Waals surface area contributed by atoms with E-state index in [-0.39, 0.29) is 5.41 Å². The molecule has 1 fully saturated rings. The maximum atomic E-state index is 12.9. The lowest BCUT2D eigenvalue weighted by atomic mass is 9.65. The zero-order valence-electron chi connectivity index (χ0n) is 12.2. The van der Waals surface area contributed by atoms with Crippen molar-refractivity contribution in [2.45, 2.75) is 36.7 Å². The van der Waals surface area contributed by atoms with Gasteiger partial charge in [0.2, 0.25) is 0 Å². The van der Waals surface area contributed by atoms with Crippen LogP contribution in [0.15, 0.2) is 42.5 Å². The van der Waals surface area contributed by atoms with Crippen molar-refractivity contribution in [3.8, 4) is 0 Å². The van der Waals surface area contributed by atoms with Crippen LogP contribution in [0.2, 0.25) is 0 Å². The minimum absolute atomic E-state index is 0.134. The molecule has 0 amide bonds. The average molecular weight is 287 g/mol. The van der Waals surface area contributed by atoms with Crippen LogP contribution in [0, 0.1) is 0 Å². The van der Waals surface area contributed by atoms with Gasteiger partial charge in [-0.2, -0.15) is 0 Å². The lowest BCUT2D eigenvalue weighted by Crippen LogP contribution is -2.46. The van der Waals surface area contributed by atoms with Gasteiger partial charge in [0.15, 0.2) is 0 Å². The zero-order chi connectivity index (χ0) is 14.9. The lowest BCUT2D eigenvalue weighted by Gasteiger charge is -2.43. The van der Waals surface area contributed by atoms with Crippen LogP contribution < -0.4 is 5.73 Å². The van der Waals surface area contributed by atoms with E-state index in [9.17, 15) is 9.50 Å². The van der Waals surface area contributed by atoms with Gasteiger partial charge in [-0.25, -0.2) is 4.39 Å². The van der Waals surface area contributed by atoms with Gasteiger partial charge in [-0.1, -0.05) is 42.5 Å². The van der Waals surface area contributed by atoms with E-state index in [1.165, 1.54) is 16.3 Å². The van der Waals surface area contributed by atoms with E-state index in [4.69, 9.17) is 5.73 Å².